The number of rotatable bonds is 4. The minimum atomic E-state index is -0.280. The van der Waals surface area contributed by atoms with E-state index in [2.05, 4.69) is 19.2 Å². The Morgan fingerprint density at radius 1 is 1.56 bits per heavy atom. The first-order valence-electron chi connectivity index (χ1n) is 5.76. The minimum Gasteiger partial charge on any atom is -0.366 e. The predicted octanol–water partition coefficient (Wildman–Crippen LogP) is 0.901. The topological polar surface area (TPSA) is 41.6 Å². The molecule has 1 N–H and O–H groups in total. The number of carbonyl (C=O) groups excluding carboxylic acids is 1. The monoisotopic (exact) mass is 250 g/mol. The fraction of sp³-hybridized carbons (Fsp3) is 0.909. The number of morpholine rings is 1. The molecule has 1 aliphatic heterocycles. The summed E-state index contributed by atoms with van der Waals surface area (Å²) >= 11 is 0. The van der Waals surface area contributed by atoms with Crippen LogP contribution in [0.4, 0.5) is 0 Å². The summed E-state index contributed by atoms with van der Waals surface area (Å²) in [5, 5.41) is 3.18. The molecule has 0 aromatic rings. The molecule has 5 heteroatoms. The Morgan fingerprint density at radius 3 is 2.69 bits per heavy atom. The van der Waals surface area contributed by atoms with E-state index in [0.29, 0.717) is 19.1 Å². The average molecular weight is 251 g/mol. The largest absolute Gasteiger partial charge is 0.366 e. The number of amides is 1. The number of nitrogens with zero attached hydrogens (tertiary/aromatic N) is 1. The van der Waals surface area contributed by atoms with Crippen LogP contribution in [0.5, 0.6) is 0 Å². The summed E-state index contributed by atoms with van der Waals surface area (Å²) < 4.78 is 5.45. The van der Waals surface area contributed by atoms with Gasteiger partial charge in [-0.3, -0.25) is 4.79 Å². The summed E-state index contributed by atoms with van der Waals surface area (Å²) in [6.07, 6.45) is -0.280. The zero-order valence-electron chi connectivity index (χ0n) is 10.4. The third-order valence-electron chi connectivity index (χ3n) is 2.48. The maximum absolute atomic E-state index is 12.0. The van der Waals surface area contributed by atoms with E-state index in [4.69, 9.17) is 4.74 Å². The van der Waals surface area contributed by atoms with Gasteiger partial charge in [-0.2, -0.15) is 0 Å². The van der Waals surface area contributed by atoms with E-state index in [9.17, 15) is 4.79 Å². The fourth-order valence-corrected chi connectivity index (χ4v) is 1.74. The molecule has 0 aliphatic carbocycles. The second kappa shape index (κ2) is 7.87. The minimum absolute atomic E-state index is 0. The van der Waals surface area contributed by atoms with Crippen LogP contribution in [0.25, 0.3) is 0 Å². The number of hydrogen-bond donors (Lipinski definition) is 1. The number of ether oxygens (including phenoxy) is 1. The quantitative estimate of drug-likeness (QED) is 0.806. The number of carbonyl (C=O) groups is 1. The summed E-state index contributed by atoms with van der Waals surface area (Å²) in [6.45, 7) is 9.96. The van der Waals surface area contributed by atoms with Crippen molar-refractivity contribution in [2.75, 3.05) is 32.8 Å². The van der Waals surface area contributed by atoms with E-state index in [1.54, 1.807) is 0 Å². The first-order chi connectivity index (χ1) is 7.15. The van der Waals surface area contributed by atoms with Crippen LogP contribution in [-0.4, -0.2) is 49.7 Å². The molecule has 0 bridgehead atoms. The van der Waals surface area contributed by atoms with Crippen molar-refractivity contribution in [3.05, 3.63) is 0 Å². The number of halogens is 1. The normalized spacial score (nSPS) is 20.4. The van der Waals surface area contributed by atoms with E-state index < -0.39 is 0 Å². The SMILES string of the molecule is CCN(CC(C)C)C(=O)C1CNCCO1.Cl. The third-order valence-corrected chi connectivity index (χ3v) is 2.48. The van der Waals surface area contributed by atoms with Crippen molar-refractivity contribution in [1.29, 1.82) is 0 Å². The van der Waals surface area contributed by atoms with Crippen molar-refractivity contribution in [3.8, 4) is 0 Å². The Labute approximate surface area is 104 Å². The van der Waals surface area contributed by atoms with Gasteiger partial charge in [-0.25, -0.2) is 0 Å². The molecule has 1 rings (SSSR count). The maximum Gasteiger partial charge on any atom is 0.253 e. The summed E-state index contributed by atoms with van der Waals surface area (Å²) in [5.41, 5.74) is 0. The van der Waals surface area contributed by atoms with Gasteiger partial charge in [0.2, 0.25) is 0 Å². The lowest BCUT2D eigenvalue weighted by Gasteiger charge is -2.30. The van der Waals surface area contributed by atoms with Crippen molar-refractivity contribution in [2.45, 2.75) is 26.9 Å². The molecular weight excluding hydrogens is 228 g/mol. The van der Waals surface area contributed by atoms with Gasteiger partial charge in [-0.1, -0.05) is 13.8 Å². The first kappa shape index (κ1) is 15.7. The van der Waals surface area contributed by atoms with Gasteiger partial charge in [0.05, 0.1) is 6.61 Å². The Balaban J connectivity index is 0.00000225. The van der Waals surface area contributed by atoms with Gasteiger partial charge in [0.15, 0.2) is 0 Å². The number of hydrogen-bond acceptors (Lipinski definition) is 3. The standard InChI is InChI=1S/C11H22N2O2.ClH/c1-4-13(8-9(2)3)11(14)10-7-12-5-6-15-10;/h9-10,12H,4-8H2,1-3H3;1H. The maximum atomic E-state index is 12.0. The molecule has 0 saturated carbocycles. The lowest BCUT2D eigenvalue weighted by atomic mass is 10.2. The molecule has 0 radical (unpaired) electrons. The highest BCUT2D eigenvalue weighted by Crippen LogP contribution is 2.05. The van der Waals surface area contributed by atoms with E-state index >= 15 is 0 Å². The van der Waals surface area contributed by atoms with E-state index in [0.717, 1.165) is 19.6 Å². The highest BCUT2D eigenvalue weighted by atomic mass is 35.5. The van der Waals surface area contributed by atoms with Gasteiger partial charge < -0.3 is 15.0 Å². The number of likely N-dealkylation sites (N-methyl/N-ethyl adjacent to an activating group) is 1. The average Bonchev–Trinajstić information content (AvgIpc) is 2.26. The van der Waals surface area contributed by atoms with Crippen LogP contribution >= 0.6 is 12.4 Å². The van der Waals surface area contributed by atoms with E-state index in [1.807, 2.05) is 11.8 Å². The van der Waals surface area contributed by atoms with Crippen molar-refractivity contribution >= 4 is 18.3 Å². The van der Waals surface area contributed by atoms with Crippen LogP contribution in [0, 0.1) is 5.92 Å². The van der Waals surface area contributed by atoms with Crippen molar-refractivity contribution < 1.29 is 9.53 Å². The molecule has 1 aliphatic rings. The molecule has 0 aromatic carbocycles. The molecule has 1 heterocycles. The smallest absolute Gasteiger partial charge is 0.253 e. The van der Waals surface area contributed by atoms with Gasteiger partial charge in [0.25, 0.3) is 5.91 Å². The van der Waals surface area contributed by atoms with Crippen LogP contribution in [0.15, 0.2) is 0 Å². The Morgan fingerprint density at radius 2 is 2.25 bits per heavy atom. The molecule has 96 valence electrons. The first-order valence-corrected chi connectivity index (χ1v) is 5.76. The van der Waals surface area contributed by atoms with Crippen LogP contribution in [0.3, 0.4) is 0 Å². The van der Waals surface area contributed by atoms with Crippen LogP contribution in [0.1, 0.15) is 20.8 Å². The highest BCUT2D eigenvalue weighted by molar-refractivity contribution is 5.85. The zero-order valence-corrected chi connectivity index (χ0v) is 11.2. The van der Waals surface area contributed by atoms with Gasteiger partial charge >= 0.3 is 0 Å². The summed E-state index contributed by atoms with van der Waals surface area (Å²) in [5.74, 6) is 0.629. The van der Waals surface area contributed by atoms with E-state index in [1.165, 1.54) is 0 Å². The van der Waals surface area contributed by atoms with E-state index in [-0.39, 0.29) is 24.4 Å². The molecular formula is C11H23ClN2O2. The van der Waals surface area contributed by atoms with Crippen LogP contribution < -0.4 is 5.32 Å². The third kappa shape index (κ3) is 4.68. The summed E-state index contributed by atoms with van der Waals surface area (Å²) in [4.78, 5) is 13.9. The molecule has 4 nitrogen and oxygen atoms in total. The molecule has 0 aromatic heterocycles. The van der Waals surface area contributed by atoms with Crippen LogP contribution in [0.2, 0.25) is 0 Å². The van der Waals surface area contributed by atoms with Crippen LogP contribution in [-0.2, 0) is 9.53 Å². The zero-order chi connectivity index (χ0) is 11.3. The predicted molar refractivity (Wildman–Crippen MR) is 66.9 cm³/mol. The molecule has 16 heavy (non-hydrogen) atoms. The van der Waals surface area contributed by atoms with Gasteiger partial charge in [-0.05, 0) is 12.8 Å². The Bertz CT molecular complexity index is 206. The Hall–Kier alpha value is -0.320. The molecule has 1 saturated heterocycles. The molecule has 1 amide bonds. The molecule has 1 unspecified atom stereocenters. The van der Waals surface area contributed by atoms with Gasteiger partial charge in [0.1, 0.15) is 6.10 Å². The summed E-state index contributed by atoms with van der Waals surface area (Å²) in [7, 11) is 0. The van der Waals surface area contributed by atoms with Gasteiger partial charge in [0, 0.05) is 26.2 Å². The molecule has 1 atom stereocenters. The lowest BCUT2D eigenvalue weighted by Crippen LogP contribution is -2.50. The molecule has 1 fully saturated rings. The van der Waals surface area contributed by atoms with Gasteiger partial charge in [-0.15, -0.1) is 12.4 Å². The highest BCUT2D eigenvalue weighted by Gasteiger charge is 2.26. The fourth-order valence-electron chi connectivity index (χ4n) is 1.74. The number of nitrogens with one attached hydrogen (secondary N) is 1. The summed E-state index contributed by atoms with van der Waals surface area (Å²) in [6, 6.07) is 0. The second-order valence-corrected chi connectivity index (χ2v) is 4.33. The second-order valence-electron chi connectivity index (χ2n) is 4.33. The Kier molecular flexibility index (Phi) is 7.72. The molecule has 0 spiro atoms. The van der Waals surface area contributed by atoms with Crippen molar-refractivity contribution in [1.82, 2.24) is 10.2 Å². The lowest BCUT2D eigenvalue weighted by molar-refractivity contribution is -0.145. The van der Waals surface area contributed by atoms with Crippen molar-refractivity contribution in [2.24, 2.45) is 5.92 Å². The van der Waals surface area contributed by atoms with Crippen molar-refractivity contribution in [3.63, 3.8) is 0 Å².